The Morgan fingerprint density at radius 3 is 2.42 bits per heavy atom. The van der Waals surface area contributed by atoms with Crippen molar-refractivity contribution in [3.8, 4) is 0 Å². The highest BCUT2D eigenvalue weighted by atomic mass is 79.9. The Balaban J connectivity index is 2.40. The van der Waals surface area contributed by atoms with E-state index in [0.29, 0.717) is 32.3 Å². The molecule has 0 saturated carbocycles. The molecule has 7 nitrogen and oxygen atoms in total. The predicted molar refractivity (Wildman–Crippen MR) is 136 cm³/mol. The van der Waals surface area contributed by atoms with E-state index in [1.807, 2.05) is 6.92 Å². The maximum absolute atomic E-state index is 13.4. The summed E-state index contributed by atoms with van der Waals surface area (Å²) in [6.07, 6.45) is 1.76. The maximum Gasteiger partial charge on any atom is 0.244 e. The molecule has 33 heavy (non-hydrogen) atoms. The number of carbonyl (C=O) groups excluding carboxylic acids is 2. The Morgan fingerprint density at radius 2 is 1.85 bits per heavy atom. The van der Waals surface area contributed by atoms with Crippen molar-refractivity contribution in [2.24, 2.45) is 0 Å². The van der Waals surface area contributed by atoms with Gasteiger partial charge in [0, 0.05) is 27.6 Å². The lowest BCUT2D eigenvalue weighted by Crippen LogP contribution is -2.51. The van der Waals surface area contributed by atoms with Crippen LogP contribution in [0.1, 0.15) is 25.8 Å². The molecule has 0 bridgehead atoms. The molecule has 2 rings (SSSR count). The smallest absolute Gasteiger partial charge is 0.244 e. The summed E-state index contributed by atoms with van der Waals surface area (Å²) in [7, 11) is -3.79. The molecule has 0 aromatic heterocycles. The highest BCUT2D eigenvalue weighted by Crippen LogP contribution is 2.25. The van der Waals surface area contributed by atoms with Gasteiger partial charge in [0.05, 0.1) is 11.9 Å². The minimum atomic E-state index is -3.79. The number of hydrogen-bond acceptors (Lipinski definition) is 4. The lowest BCUT2D eigenvalue weighted by atomic mass is 10.1. The first-order valence-electron chi connectivity index (χ1n) is 10.2. The van der Waals surface area contributed by atoms with E-state index < -0.39 is 28.5 Å². The molecule has 0 aliphatic heterocycles. The molecule has 0 heterocycles. The van der Waals surface area contributed by atoms with Gasteiger partial charge in [0.15, 0.2) is 0 Å². The highest BCUT2D eigenvalue weighted by Gasteiger charge is 2.30. The summed E-state index contributed by atoms with van der Waals surface area (Å²) in [5, 5.41) is 3.55. The number of hydrogen-bond donors (Lipinski definition) is 1. The van der Waals surface area contributed by atoms with Crippen LogP contribution in [0.4, 0.5) is 5.69 Å². The van der Waals surface area contributed by atoms with Crippen molar-refractivity contribution < 1.29 is 18.0 Å². The lowest BCUT2D eigenvalue weighted by Gasteiger charge is -2.31. The Hall–Kier alpha value is -1.81. The predicted octanol–water partition coefficient (Wildman–Crippen LogP) is 4.47. The van der Waals surface area contributed by atoms with Crippen molar-refractivity contribution in [1.29, 1.82) is 0 Å². The largest absolute Gasteiger partial charge is 0.354 e. The molecule has 180 valence electrons. The molecule has 1 N–H and O–H groups in total. The monoisotopic (exact) mass is 577 g/mol. The van der Waals surface area contributed by atoms with Crippen LogP contribution in [0.15, 0.2) is 46.9 Å². The van der Waals surface area contributed by atoms with E-state index in [2.05, 4.69) is 21.2 Å². The fraction of sp³-hybridized carbons (Fsp3) is 0.364. The van der Waals surface area contributed by atoms with Gasteiger partial charge in [-0.2, -0.15) is 0 Å². The number of benzene rings is 2. The van der Waals surface area contributed by atoms with Gasteiger partial charge in [0.2, 0.25) is 21.8 Å². The van der Waals surface area contributed by atoms with E-state index in [9.17, 15) is 18.0 Å². The summed E-state index contributed by atoms with van der Waals surface area (Å²) >= 11 is 15.6. The van der Waals surface area contributed by atoms with E-state index in [0.717, 1.165) is 17.0 Å². The van der Waals surface area contributed by atoms with E-state index in [1.165, 1.54) is 4.90 Å². The van der Waals surface area contributed by atoms with Crippen molar-refractivity contribution >= 4 is 66.7 Å². The normalized spacial score (nSPS) is 12.2. The fourth-order valence-electron chi connectivity index (χ4n) is 3.06. The van der Waals surface area contributed by atoms with Crippen molar-refractivity contribution in [3.05, 3.63) is 62.5 Å². The van der Waals surface area contributed by atoms with Gasteiger partial charge in [-0.1, -0.05) is 58.2 Å². The summed E-state index contributed by atoms with van der Waals surface area (Å²) in [5.74, 6) is -0.894. The number of nitrogens with one attached hydrogen (secondary N) is 1. The van der Waals surface area contributed by atoms with Crippen LogP contribution in [0.25, 0.3) is 0 Å². The third-order valence-electron chi connectivity index (χ3n) is 4.85. The van der Waals surface area contributed by atoms with Crippen LogP contribution in [0.5, 0.6) is 0 Å². The van der Waals surface area contributed by atoms with Crippen molar-refractivity contribution in [2.75, 3.05) is 23.7 Å². The zero-order chi connectivity index (χ0) is 24.8. The van der Waals surface area contributed by atoms with Gasteiger partial charge in [-0.05, 0) is 49.2 Å². The first-order valence-corrected chi connectivity index (χ1v) is 13.6. The first-order chi connectivity index (χ1) is 15.4. The van der Waals surface area contributed by atoms with Crippen molar-refractivity contribution in [1.82, 2.24) is 10.2 Å². The summed E-state index contributed by atoms with van der Waals surface area (Å²) < 4.78 is 26.7. The van der Waals surface area contributed by atoms with Gasteiger partial charge < -0.3 is 10.2 Å². The molecule has 0 fully saturated rings. The molecule has 11 heteroatoms. The second-order valence-corrected chi connectivity index (χ2v) is 11.1. The molecule has 2 aromatic rings. The lowest BCUT2D eigenvalue weighted by molar-refractivity contribution is -0.139. The molecule has 0 radical (unpaired) electrons. The highest BCUT2D eigenvalue weighted by molar-refractivity contribution is 9.10. The van der Waals surface area contributed by atoms with Crippen molar-refractivity contribution in [3.63, 3.8) is 0 Å². The summed E-state index contributed by atoms with van der Waals surface area (Å²) in [5.41, 5.74) is 0.908. The molecule has 0 aliphatic carbocycles. The van der Waals surface area contributed by atoms with Gasteiger partial charge in [-0.15, -0.1) is 0 Å². The third kappa shape index (κ3) is 7.88. The van der Waals surface area contributed by atoms with Gasteiger partial charge in [0.1, 0.15) is 12.6 Å². The number of amides is 2. The van der Waals surface area contributed by atoms with Gasteiger partial charge in [-0.3, -0.25) is 13.9 Å². The van der Waals surface area contributed by atoms with E-state index >= 15 is 0 Å². The number of anilines is 1. The van der Waals surface area contributed by atoms with Crippen LogP contribution >= 0.6 is 39.1 Å². The number of halogens is 3. The van der Waals surface area contributed by atoms with Crippen LogP contribution in [0.2, 0.25) is 10.0 Å². The zero-order valence-corrected chi connectivity index (χ0v) is 22.4. The van der Waals surface area contributed by atoms with Gasteiger partial charge in [-0.25, -0.2) is 8.42 Å². The SMILES string of the molecule is CCCNC(=O)[C@H](C)N(Cc1ccc(Cl)cc1Cl)C(=O)CN(c1cccc(Br)c1)S(C)(=O)=O. The average molecular weight is 579 g/mol. The Morgan fingerprint density at radius 1 is 1.15 bits per heavy atom. The van der Waals surface area contributed by atoms with Crippen LogP contribution < -0.4 is 9.62 Å². The van der Waals surface area contributed by atoms with Crippen LogP contribution in [0, 0.1) is 0 Å². The Labute approximate surface area is 213 Å². The van der Waals surface area contributed by atoms with Gasteiger partial charge in [0.25, 0.3) is 0 Å². The zero-order valence-electron chi connectivity index (χ0n) is 18.5. The maximum atomic E-state index is 13.4. The number of carbonyl (C=O) groups is 2. The molecule has 0 aliphatic rings. The quantitative estimate of drug-likeness (QED) is 0.451. The molecule has 2 aromatic carbocycles. The second kappa shape index (κ2) is 12.1. The molecule has 0 spiro atoms. The summed E-state index contributed by atoms with van der Waals surface area (Å²) in [4.78, 5) is 27.4. The van der Waals surface area contributed by atoms with Crippen LogP contribution in [-0.4, -0.2) is 50.5 Å². The topological polar surface area (TPSA) is 86.8 Å². The second-order valence-electron chi connectivity index (χ2n) is 7.47. The van der Waals surface area contributed by atoms with Crippen LogP contribution in [0.3, 0.4) is 0 Å². The van der Waals surface area contributed by atoms with Crippen LogP contribution in [-0.2, 0) is 26.2 Å². The minimum absolute atomic E-state index is 0.00559. The minimum Gasteiger partial charge on any atom is -0.354 e. The molecule has 2 amide bonds. The third-order valence-corrected chi connectivity index (χ3v) is 7.07. The number of sulfonamides is 1. The molecular weight excluding hydrogens is 553 g/mol. The van der Waals surface area contributed by atoms with E-state index in [1.54, 1.807) is 49.4 Å². The first kappa shape index (κ1) is 27.4. The Bertz CT molecular complexity index is 1110. The Kier molecular flexibility index (Phi) is 10.0. The summed E-state index contributed by atoms with van der Waals surface area (Å²) in [6, 6.07) is 10.6. The summed E-state index contributed by atoms with van der Waals surface area (Å²) in [6.45, 7) is 3.50. The molecular formula is C22H26BrCl2N3O4S. The molecule has 1 atom stereocenters. The number of nitrogens with zero attached hydrogens (tertiary/aromatic N) is 2. The average Bonchev–Trinajstić information content (AvgIpc) is 2.73. The molecule has 0 saturated heterocycles. The van der Waals surface area contributed by atoms with Gasteiger partial charge >= 0.3 is 0 Å². The van der Waals surface area contributed by atoms with E-state index in [4.69, 9.17) is 23.2 Å². The standard InChI is InChI=1S/C22H26BrCl2N3O4S/c1-4-10-26-22(30)15(2)27(13-16-8-9-18(24)12-20(16)25)21(29)14-28(33(3,31)32)19-7-5-6-17(23)11-19/h5-9,11-12,15H,4,10,13-14H2,1-3H3,(H,26,30)/t15-/m0/s1. The molecule has 0 unspecified atom stereocenters. The number of rotatable bonds is 10. The fourth-order valence-corrected chi connectivity index (χ4v) is 4.75. The van der Waals surface area contributed by atoms with Crippen molar-refractivity contribution in [2.45, 2.75) is 32.9 Å². The van der Waals surface area contributed by atoms with E-state index in [-0.39, 0.29) is 12.5 Å².